The highest BCUT2D eigenvalue weighted by Gasteiger charge is 2.72. The van der Waals surface area contributed by atoms with Crippen LogP contribution >= 0.6 is 0 Å². The number of anilines is 3. The molecule has 2 aliphatic carbocycles. The second kappa shape index (κ2) is 8.35. The van der Waals surface area contributed by atoms with Gasteiger partial charge in [0.2, 0.25) is 0 Å². The fourth-order valence-electron chi connectivity index (χ4n) is 8.33. The van der Waals surface area contributed by atoms with Crippen molar-refractivity contribution >= 4 is 17.1 Å². The van der Waals surface area contributed by atoms with Crippen LogP contribution in [0.2, 0.25) is 0 Å². The Morgan fingerprint density at radius 3 is 1.38 bits per heavy atom. The van der Waals surface area contributed by atoms with Crippen LogP contribution in [-0.4, -0.2) is 0 Å². The third kappa shape index (κ3) is 3.15. The Morgan fingerprint density at radius 1 is 0.500 bits per heavy atom. The lowest BCUT2D eigenvalue weighted by Gasteiger charge is -2.56. The summed E-state index contributed by atoms with van der Waals surface area (Å²) in [6.07, 6.45) is 0. The van der Waals surface area contributed by atoms with Crippen LogP contribution in [0, 0.1) is 17.8 Å². The molecule has 6 rings (SSSR count). The number of benzene rings is 4. The van der Waals surface area contributed by atoms with Crippen LogP contribution in [-0.2, 0) is 16.2 Å². The van der Waals surface area contributed by atoms with E-state index < -0.39 is 0 Å². The van der Waals surface area contributed by atoms with Crippen LogP contribution < -0.4 is 4.90 Å². The maximum absolute atomic E-state index is 2.55. The molecule has 0 aromatic heterocycles. The van der Waals surface area contributed by atoms with E-state index in [9.17, 15) is 0 Å². The molecule has 0 radical (unpaired) electrons. The van der Waals surface area contributed by atoms with Crippen LogP contribution in [0.3, 0.4) is 0 Å². The Labute approximate surface area is 242 Å². The predicted molar refractivity (Wildman–Crippen MR) is 172 cm³/mol. The molecule has 0 atom stereocenters. The Balaban J connectivity index is 1.53. The Bertz CT molecular complexity index is 1510. The molecule has 1 nitrogen and oxygen atoms in total. The van der Waals surface area contributed by atoms with Crippen molar-refractivity contribution < 1.29 is 0 Å². The van der Waals surface area contributed by atoms with Gasteiger partial charge in [0.1, 0.15) is 0 Å². The first-order valence-electron chi connectivity index (χ1n) is 14.9. The molecule has 0 unspecified atom stereocenters. The largest absolute Gasteiger partial charge is 0.310 e. The van der Waals surface area contributed by atoms with Crippen molar-refractivity contribution in [2.75, 3.05) is 4.90 Å². The molecule has 0 saturated carbocycles. The molecule has 1 heteroatoms. The molecule has 0 bridgehead atoms. The Hall–Kier alpha value is -3.32. The van der Waals surface area contributed by atoms with Gasteiger partial charge in [0.15, 0.2) is 0 Å². The van der Waals surface area contributed by atoms with Gasteiger partial charge >= 0.3 is 0 Å². The summed E-state index contributed by atoms with van der Waals surface area (Å²) in [4.78, 5) is 2.37. The van der Waals surface area contributed by atoms with Crippen LogP contribution in [0.25, 0.3) is 11.1 Å². The van der Waals surface area contributed by atoms with E-state index in [0.717, 1.165) is 0 Å². The number of rotatable bonds is 4. The lowest BCUT2D eigenvalue weighted by molar-refractivity contribution is -0.0105. The van der Waals surface area contributed by atoms with E-state index in [1.165, 1.54) is 33.8 Å². The predicted octanol–water partition coefficient (Wildman–Crippen LogP) is 11.0. The van der Waals surface area contributed by atoms with Crippen molar-refractivity contribution in [2.45, 2.75) is 85.5 Å². The van der Waals surface area contributed by atoms with Crippen LogP contribution in [0.15, 0.2) is 91.0 Å². The van der Waals surface area contributed by atoms with E-state index in [1.807, 2.05) is 0 Å². The highest BCUT2D eigenvalue weighted by atomic mass is 15.1. The highest BCUT2D eigenvalue weighted by Crippen LogP contribution is 2.76. The van der Waals surface area contributed by atoms with Crippen molar-refractivity contribution in [1.29, 1.82) is 0 Å². The number of nitrogens with zero attached hydrogens (tertiary/aromatic N) is 1. The van der Waals surface area contributed by atoms with Crippen molar-refractivity contribution in [1.82, 2.24) is 0 Å². The lowest BCUT2D eigenvalue weighted by atomic mass is 9.47. The van der Waals surface area contributed by atoms with Crippen molar-refractivity contribution in [2.24, 2.45) is 10.8 Å². The molecule has 0 aliphatic heterocycles. The molecule has 4 aromatic carbocycles. The van der Waals surface area contributed by atoms with Gasteiger partial charge in [0, 0.05) is 22.5 Å². The van der Waals surface area contributed by atoms with Crippen molar-refractivity contribution in [3.05, 3.63) is 113 Å². The van der Waals surface area contributed by atoms with Gasteiger partial charge in [0.05, 0.1) is 0 Å². The fraction of sp³-hybridized carbons (Fsp3) is 0.385. The van der Waals surface area contributed by atoms with E-state index in [-0.39, 0.29) is 27.1 Å². The molecule has 2 aliphatic rings. The normalized spacial score (nSPS) is 20.2. The van der Waals surface area contributed by atoms with Crippen molar-refractivity contribution in [3.8, 4) is 11.1 Å². The van der Waals surface area contributed by atoms with Gasteiger partial charge in [0.25, 0.3) is 0 Å². The summed E-state index contributed by atoms with van der Waals surface area (Å²) in [6, 6.07) is 33.5. The third-order valence-electron chi connectivity index (χ3n) is 12.4. The lowest BCUT2D eigenvalue weighted by Crippen LogP contribution is -2.54. The fourth-order valence-corrected chi connectivity index (χ4v) is 8.33. The van der Waals surface area contributed by atoms with E-state index in [4.69, 9.17) is 0 Å². The molecule has 0 amide bonds. The van der Waals surface area contributed by atoms with Gasteiger partial charge in [-0.1, -0.05) is 117 Å². The van der Waals surface area contributed by atoms with E-state index >= 15 is 0 Å². The summed E-state index contributed by atoms with van der Waals surface area (Å²) < 4.78 is 0. The minimum atomic E-state index is 0.0714. The van der Waals surface area contributed by atoms with Gasteiger partial charge in [-0.15, -0.1) is 0 Å². The molecule has 0 spiro atoms. The minimum absolute atomic E-state index is 0.0714. The number of aryl methyl sites for hydroxylation is 1. The second-order valence-electron chi connectivity index (χ2n) is 14.6. The van der Waals surface area contributed by atoms with E-state index in [0.29, 0.717) is 0 Å². The summed E-state index contributed by atoms with van der Waals surface area (Å²) in [5, 5.41) is 0. The molecule has 0 fully saturated rings. The topological polar surface area (TPSA) is 3.24 Å². The first kappa shape index (κ1) is 26.9. The van der Waals surface area contributed by atoms with Crippen LogP contribution in [0.4, 0.5) is 17.1 Å². The van der Waals surface area contributed by atoms with Gasteiger partial charge < -0.3 is 4.90 Å². The average Bonchev–Trinajstić information content (AvgIpc) is 3.13. The molecule has 0 heterocycles. The number of para-hydroxylation sites is 2. The van der Waals surface area contributed by atoms with Gasteiger partial charge in [-0.2, -0.15) is 0 Å². The maximum Gasteiger partial charge on any atom is 0.0491 e. The molecule has 40 heavy (non-hydrogen) atoms. The van der Waals surface area contributed by atoms with Crippen LogP contribution in [0.1, 0.15) is 84.6 Å². The summed E-state index contributed by atoms with van der Waals surface area (Å²) in [7, 11) is 0. The summed E-state index contributed by atoms with van der Waals surface area (Å²) in [5.74, 6) is 0. The molecule has 206 valence electrons. The first-order valence-corrected chi connectivity index (χ1v) is 14.9. The van der Waals surface area contributed by atoms with E-state index in [1.54, 1.807) is 16.7 Å². The number of hydrogen-bond donors (Lipinski definition) is 0. The standard InChI is InChI=1S/C39H45N/c1-26-23-27(21-22-33(26)40(29-17-13-11-14-18-29)30-19-15-12-16-20-30)28-24-31-34-32(25-28)36(4,5)38(8,9)39(34,10)37(6,7)35(31,2)3/h11-25H,1-10H3. The quantitative estimate of drug-likeness (QED) is 0.255. The van der Waals surface area contributed by atoms with Crippen LogP contribution in [0.5, 0.6) is 0 Å². The molecular formula is C39H45N. The zero-order valence-electron chi connectivity index (χ0n) is 26.1. The molecule has 4 aromatic rings. The molecular weight excluding hydrogens is 482 g/mol. The zero-order chi connectivity index (χ0) is 28.9. The third-order valence-corrected chi connectivity index (χ3v) is 12.4. The Kier molecular flexibility index (Phi) is 5.61. The molecule has 0 saturated heterocycles. The summed E-state index contributed by atoms with van der Waals surface area (Å²) in [6.45, 7) is 24.8. The monoisotopic (exact) mass is 527 g/mol. The maximum atomic E-state index is 2.55. The summed E-state index contributed by atoms with van der Waals surface area (Å²) in [5.41, 5.74) is 12.7. The Morgan fingerprint density at radius 2 is 0.950 bits per heavy atom. The van der Waals surface area contributed by atoms with E-state index in [2.05, 4.69) is 165 Å². The highest BCUT2D eigenvalue weighted by molar-refractivity contribution is 5.81. The summed E-state index contributed by atoms with van der Waals surface area (Å²) >= 11 is 0. The van der Waals surface area contributed by atoms with Crippen molar-refractivity contribution in [3.63, 3.8) is 0 Å². The average molecular weight is 528 g/mol. The first-order chi connectivity index (χ1) is 18.7. The SMILES string of the molecule is Cc1cc(-c2cc3c4c(c2)C(C)(C)C(C)(C)C4(C)C(C)(C)C3(C)C)ccc1N(c1ccccc1)c1ccccc1. The smallest absolute Gasteiger partial charge is 0.0491 e. The van der Waals surface area contributed by atoms with Gasteiger partial charge in [-0.25, -0.2) is 0 Å². The van der Waals surface area contributed by atoms with Gasteiger partial charge in [-0.3, -0.25) is 0 Å². The molecule has 0 N–H and O–H groups in total. The zero-order valence-corrected chi connectivity index (χ0v) is 26.1. The van der Waals surface area contributed by atoms with Gasteiger partial charge in [-0.05, 0) is 98.4 Å². The number of hydrogen-bond acceptors (Lipinski definition) is 1. The minimum Gasteiger partial charge on any atom is -0.310 e. The second-order valence-corrected chi connectivity index (χ2v) is 14.6.